The van der Waals surface area contributed by atoms with E-state index in [1.165, 1.54) is 37.4 Å². The van der Waals surface area contributed by atoms with Crippen LogP contribution in [-0.2, 0) is 6.61 Å². The standard InChI is InChI=1S/C15H13NO6/c1-21-13-7-4-11(15(17)18)8-14(13)22-9-10-2-5-12(6-3-10)16(19)20/h2-8H,9H2,1H3,(H,17,18). The summed E-state index contributed by atoms with van der Waals surface area (Å²) in [6.07, 6.45) is 0. The van der Waals surface area contributed by atoms with E-state index in [2.05, 4.69) is 0 Å². The summed E-state index contributed by atoms with van der Waals surface area (Å²) < 4.78 is 10.7. The largest absolute Gasteiger partial charge is 0.493 e. The lowest BCUT2D eigenvalue weighted by Gasteiger charge is -2.11. The average Bonchev–Trinajstić information content (AvgIpc) is 2.52. The molecule has 7 nitrogen and oxygen atoms in total. The molecule has 0 aliphatic rings. The van der Waals surface area contributed by atoms with E-state index in [-0.39, 0.29) is 17.9 Å². The molecular formula is C15H13NO6. The van der Waals surface area contributed by atoms with Crippen molar-refractivity contribution in [2.45, 2.75) is 6.61 Å². The van der Waals surface area contributed by atoms with Gasteiger partial charge < -0.3 is 14.6 Å². The smallest absolute Gasteiger partial charge is 0.335 e. The van der Waals surface area contributed by atoms with E-state index in [1.807, 2.05) is 0 Å². The van der Waals surface area contributed by atoms with Crippen LogP contribution >= 0.6 is 0 Å². The molecule has 2 aromatic carbocycles. The van der Waals surface area contributed by atoms with Crippen LogP contribution in [0.25, 0.3) is 0 Å². The summed E-state index contributed by atoms with van der Waals surface area (Å²) in [6.45, 7) is 0.136. The zero-order chi connectivity index (χ0) is 16.1. The number of non-ortho nitro benzene ring substituents is 1. The first-order valence-electron chi connectivity index (χ1n) is 6.28. The highest BCUT2D eigenvalue weighted by atomic mass is 16.6. The third-order valence-corrected chi connectivity index (χ3v) is 2.95. The van der Waals surface area contributed by atoms with Crippen LogP contribution < -0.4 is 9.47 Å². The van der Waals surface area contributed by atoms with E-state index in [0.717, 1.165) is 0 Å². The molecule has 0 saturated carbocycles. The molecule has 7 heteroatoms. The molecule has 0 bridgehead atoms. The predicted octanol–water partition coefficient (Wildman–Crippen LogP) is 2.88. The highest BCUT2D eigenvalue weighted by molar-refractivity contribution is 5.88. The van der Waals surface area contributed by atoms with Gasteiger partial charge in [0, 0.05) is 12.1 Å². The van der Waals surface area contributed by atoms with Crippen molar-refractivity contribution in [3.05, 3.63) is 63.7 Å². The zero-order valence-electron chi connectivity index (χ0n) is 11.7. The van der Waals surface area contributed by atoms with Crippen LogP contribution in [0.3, 0.4) is 0 Å². The number of carboxylic acids is 1. The van der Waals surface area contributed by atoms with Gasteiger partial charge in [0.15, 0.2) is 11.5 Å². The lowest BCUT2D eigenvalue weighted by molar-refractivity contribution is -0.384. The maximum Gasteiger partial charge on any atom is 0.335 e. The molecule has 0 amide bonds. The molecule has 2 aromatic rings. The molecule has 0 aliphatic carbocycles. The van der Waals surface area contributed by atoms with Gasteiger partial charge in [0.25, 0.3) is 5.69 Å². The predicted molar refractivity (Wildman–Crippen MR) is 77.4 cm³/mol. The second-order valence-electron chi connectivity index (χ2n) is 4.38. The van der Waals surface area contributed by atoms with Crippen LogP contribution in [0, 0.1) is 10.1 Å². The second kappa shape index (κ2) is 6.57. The van der Waals surface area contributed by atoms with Crippen molar-refractivity contribution in [2.75, 3.05) is 7.11 Å². The molecule has 0 aliphatic heterocycles. The van der Waals surface area contributed by atoms with Crippen molar-refractivity contribution in [1.82, 2.24) is 0 Å². The molecule has 0 saturated heterocycles. The quantitative estimate of drug-likeness (QED) is 0.650. The molecule has 0 radical (unpaired) electrons. The van der Waals surface area contributed by atoms with Gasteiger partial charge in [-0.25, -0.2) is 4.79 Å². The third-order valence-electron chi connectivity index (χ3n) is 2.95. The number of rotatable bonds is 6. The Kier molecular flexibility index (Phi) is 4.57. The Balaban J connectivity index is 2.14. The molecule has 0 heterocycles. The summed E-state index contributed by atoms with van der Waals surface area (Å²) in [7, 11) is 1.45. The van der Waals surface area contributed by atoms with Crippen molar-refractivity contribution in [2.24, 2.45) is 0 Å². The number of carboxylic acid groups (broad SMARTS) is 1. The lowest BCUT2D eigenvalue weighted by atomic mass is 10.2. The van der Waals surface area contributed by atoms with Crippen molar-refractivity contribution in [3.8, 4) is 11.5 Å². The van der Waals surface area contributed by atoms with Gasteiger partial charge in [-0.1, -0.05) is 0 Å². The Morgan fingerprint density at radius 3 is 2.41 bits per heavy atom. The number of methoxy groups -OCH3 is 1. The van der Waals surface area contributed by atoms with Crippen LogP contribution in [-0.4, -0.2) is 23.1 Å². The SMILES string of the molecule is COc1ccc(C(=O)O)cc1OCc1ccc([N+](=O)[O-])cc1. The first kappa shape index (κ1) is 15.3. The van der Waals surface area contributed by atoms with Gasteiger partial charge in [-0.2, -0.15) is 0 Å². The topological polar surface area (TPSA) is 98.9 Å². The number of ether oxygens (including phenoxy) is 2. The van der Waals surface area contributed by atoms with Gasteiger partial charge in [-0.15, -0.1) is 0 Å². The van der Waals surface area contributed by atoms with E-state index < -0.39 is 10.9 Å². The van der Waals surface area contributed by atoms with Gasteiger partial charge in [0.1, 0.15) is 6.61 Å². The maximum absolute atomic E-state index is 11.0. The van der Waals surface area contributed by atoms with Gasteiger partial charge in [0.2, 0.25) is 0 Å². The summed E-state index contributed by atoms with van der Waals surface area (Å²) in [4.78, 5) is 21.1. The summed E-state index contributed by atoms with van der Waals surface area (Å²) in [6, 6.07) is 10.2. The number of hydrogen-bond acceptors (Lipinski definition) is 5. The summed E-state index contributed by atoms with van der Waals surface area (Å²) in [5.74, 6) is -0.365. The lowest BCUT2D eigenvalue weighted by Crippen LogP contribution is -2.01. The Hall–Kier alpha value is -3.09. The molecule has 22 heavy (non-hydrogen) atoms. The molecule has 114 valence electrons. The molecule has 2 rings (SSSR count). The van der Waals surface area contributed by atoms with Crippen molar-refractivity contribution in [3.63, 3.8) is 0 Å². The number of aromatic carboxylic acids is 1. The summed E-state index contributed by atoms with van der Waals surface area (Å²) in [5.41, 5.74) is 0.794. The van der Waals surface area contributed by atoms with E-state index in [1.54, 1.807) is 12.1 Å². The van der Waals surface area contributed by atoms with Crippen LogP contribution in [0.15, 0.2) is 42.5 Å². The first-order valence-corrected chi connectivity index (χ1v) is 6.28. The Bertz CT molecular complexity index is 696. The number of benzene rings is 2. The van der Waals surface area contributed by atoms with Crippen molar-refractivity contribution < 1.29 is 24.3 Å². The Labute approximate surface area is 125 Å². The highest BCUT2D eigenvalue weighted by Gasteiger charge is 2.11. The average molecular weight is 303 g/mol. The monoisotopic (exact) mass is 303 g/mol. The van der Waals surface area contributed by atoms with E-state index in [9.17, 15) is 14.9 Å². The minimum absolute atomic E-state index is 0.00537. The van der Waals surface area contributed by atoms with Gasteiger partial charge >= 0.3 is 5.97 Å². The fraction of sp³-hybridized carbons (Fsp3) is 0.133. The van der Waals surface area contributed by atoms with E-state index in [4.69, 9.17) is 14.6 Å². The van der Waals surface area contributed by atoms with Crippen LogP contribution in [0.4, 0.5) is 5.69 Å². The summed E-state index contributed by atoms with van der Waals surface area (Å²) >= 11 is 0. The molecule has 0 fully saturated rings. The highest BCUT2D eigenvalue weighted by Crippen LogP contribution is 2.29. The van der Waals surface area contributed by atoms with E-state index >= 15 is 0 Å². The maximum atomic E-state index is 11.0. The van der Waals surface area contributed by atoms with Crippen LogP contribution in [0.5, 0.6) is 11.5 Å². The number of nitro benzene ring substituents is 1. The molecule has 0 aromatic heterocycles. The van der Waals surface area contributed by atoms with Gasteiger partial charge in [-0.3, -0.25) is 10.1 Å². The van der Waals surface area contributed by atoms with Crippen LogP contribution in [0.1, 0.15) is 15.9 Å². The molecule has 1 N–H and O–H groups in total. The molecule has 0 spiro atoms. The van der Waals surface area contributed by atoms with Crippen molar-refractivity contribution in [1.29, 1.82) is 0 Å². The minimum Gasteiger partial charge on any atom is -0.493 e. The number of nitro groups is 1. The third kappa shape index (κ3) is 3.51. The fourth-order valence-electron chi connectivity index (χ4n) is 1.80. The van der Waals surface area contributed by atoms with Crippen molar-refractivity contribution >= 4 is 11.7 Å². The molecular weight excluding hydrogens is 290 g/mol. The van der Waals surface area contributed by atoms with Gasteiger partial charge in [-0.05, 0) is 35.9 Å². The van der Waals surface area contributed by atoms with Gasteiger partial charge in [0.05, 0.1) is 17.6 Å². The second-order valence-corrected chi connectivity index (χ2v) is 4.38. The zero-order valence-corrected chi connectivity index (χ0v) is 11.7. The fourth-order valence-corrected chi connectivity index (χ4v) is 1.80. The number of nitrogens with zero attached hydrogens (tertiary/aromatic N) is 1. The Morgan fingerprint density at radius 1 is 1.18 bits per heavy atom. The molecule has 0 atom stereocenters. The summed E-state index contributed by atoms with van der Waals surface area (Å²) in [5, 5.41) is 19.6. The number of carbonyl (C=O) groups is 1. The Morgan fingerprint density at radius 2 is 1.86 bits per heavy atom. The van der Waals surface area contributed by atoms with E-state index in [0.29, 0.717) is 17.1 Å². The molecule has 0 unspecified atom stereocenters. The first-order chi connectivity index (χ1) is 10.5. The minimum atomic E-state index is -1.07. The number of hydrogen-bond donors (Lipinski definition) is 1. The normalized spacial score (nSPS) is 10.0. The van der Waals surface area contributed by atoms with Crippen LogP contribution in [0.2, 0.25) is 0 Å².